The van der Waals surface area contributed by atoms with Gasteiger partial charge in [-0.1, -0.05) is 32.9 Å². The summed E-state index contributed by atoms with van der Waals surface area (Å²) < 4.78 is 24.1. The average molecular weight is 431 g/mol. The molecule has 6 nitrogen and oxygen atoms in total. The third-order valence-corrected chi connectivity index (χ3v) is 4.76. The molecule has 1 atom stereocenters. The third kappa shape index (κ3) is 7.59. The summed E-state index contributed by atoms with van der Waals surface area (Å²) in [5, 5.41) is 2.90. The Morgan fingerprint density at radius 3 is 2.19 bits per heavy atom. The lowest BCUT2D eigenvalue weighted by Crippen LogP contribution is -2.50. The van der Waals surface area contributed by atoms with Crippen molar-refractivity contribution in [1.29, 1.82) is 0 Å². The minimum atomic E-state index is -0.657. The van der Waals surface area contributed by atoms with E-state index in [2.05, 4.69) is 5.32 Å². The van der Waals surface area contributed by atoms with E-state index in [4.69, 9.17) is 9.47 Å². The van der Waals surface area contributed by atoms with Crippen LogP contribution in [0.3, 0.4) is 0 Å². The molecular formula is C24H31FN2O4. The van der Waals surface area contributed by atoms with Gasteiger partial charge >= 0.3 is 0 Å². The van der Waals surface area contributed by atoms with E-state index in [1.165, 1.54) is 17.0 Å². The molecule has 0 bridgehead atoms. The van der Waals surface area contributed by atoms with Gasteiger partial charge in [-0.2, -0.15) is 0 Å². The fourth-order valence-electron chi connectivity index (χ4n) is 3.03. The molecule has 2 rings (SSSR count). The molecule has 2 aromatic carbocycles. The summed E-state index contributed by atoms with van der Waals surface area (Å²) in [4.78, 5) is 27.4. The minimum absolute atomic E-state index is 0.179. The lowest BCUT2D eigenvalue weighted by molar-refractivity contribution is -0.143. The monoisotopic (exact) mass is 430 g/mol. The number of nitrogens with zero attached hydrogens (tertiary/aromatic N) is 1. The van der Waals surface area contributed by atoms with Crippen LogP contribution in [-0.2, 0) is 16.1 Å². The van der Waals surface area contributed by atoms with Crippen LogP contribution in [0, 0.1) is 11.7 Å². The summed E-state index contributed by atoms with van der Waals surface area (Å²) in [7, 11) is 1.57. The molecule has 0 saturated heterocycles. The lowest BCUT2D eigenvalue weighted by atomic mass is 10.1. The van der Waals surface area contributed by atoms with Gasteiger partial charge in [0.25, 0.3) is 5.91 Å². The van der Waals surface area contributed by atoms with Crippen LogP contribution in [0.2, 0.25) is 0 Å². The summed E-state index contributed by atoms with van der Waals surface area (Å²) in [5.41, 5.74) is 0.731. The maximum absolute atomic E-state index is 13.3. The van der Waals surface area contributed by atoms with Crippen LogP contribution in [0.15, 0.2) is 48.5 Å². The second-order valence-corrected chi connectivity index (χ2v) is 7.68. The summed E-state index contributed by atoms with van der Waals surface area (Å²) in [6.07, 6.45) is 0.444. The Labute approximate surface area is 183 Å². The lowest BCUT2D eigenvalue weighted by Gasteiger charge is -2.30. The topological polar surface area (TPSA) is 67.9 Å². The minimum Gasteiger partial charge on any atom is -0.497 e. The molecule has 0 aliphatic heterocycles. The number of halogens is 1. The van der Waals surface area contributed by atoms with Gasteiger partial charge in [0.2, 0.25) is 5.91 Å². The van der Waals surface area contributed by atoms with Crippen LogP contribution in [-0.4, -0.2) is 43.0 Å². The molecule has 7 heteroatoms. The molecule has 31 heavy (non-hydrogen) atoms. The van der Waals surface area contributed by atoms with Crippen molar-refractivity contribution in [3.05, 3.63) is 59.9 Å². The molecule has 0 heterocycles. The van der Waals surface area contributed by atoms with Crippen LogP contribution < -0.4 is 14.8 Å². The van der Waals surface area contributed by atoms with E-state index >= 15 is 0 Å². The highest BCUT2D eigenvalue weighted by Gasteiger charge is 2.29. The van der Waals surface area contributed by atoms with Gasteiger partial charge in [0.15, 0.2) is 6.61 Å². The van der Waals surface area contributed by atoms with Gasteiger partial charge in [-0.15, -0.1) is 0 Å². The number of methoxy groups -OCH3 is 1. The number of amides is 2. The highest BCUT2D eigenvalue weighted by atomic mass is 19.1. The molecule has 168 valence electrons. The molecular weight excluding hydrogens is 399 g/mol. The fraction of sp³-hybridized carbons (Fsp3) is 0.417. The van der Waals surface area contributed by atoms with Gasteiger partial charge < -0.3 is 19.7 Å². The van der Waals surface area contributed by atoms with Crippen molar-refractivity contribution in [2.75, 3.05) is 20.3 Å². The van der Waals surface area contributed by atoms with Crippen molar-refractivity contribution >= 4 is 11.8 Å². The number of hydrogen-bond donors (Lipinski definition) is 1. The van der Waals surface area contributed by atoms with E-state index in [1.54, 1.807) is 43.5 Å². The zero-order valence-electron chi connectivity index (χ0n) is 18.6. The average Bonchev–Trinajstić information content (AvgIpc) is 2.77. The van der Waals surface area contributed by atoms with Gasteiger partial charge in [0.1, 0.15) is 23.4 Å². The van der Waals surface area contributed by atoms with Crippen molar-refractivity contribution in [3.63, 3.8) is 0 Å². The highest BCUT2D eigenvalue weighted by molar-refractivity contribution is 5.88. The van der Waals surface area contributed by atoms with E-state index in [1.807, 2.05) is 20.8 Å². The van der Waals surface area contributed by atoms with Crippen molar-refractivity contribution in [3.8, 4) is 11.5 Å². The number of rotatable bonds is 11. The van der Waals surface area contributed by atoms with E-state index in [9.17, 15) is 14.0 Å². The first kappa shape index (κ1) is 24.2. The predicted molar refractivity (Wildman–Crippen MR) is 117 cm³/mol. The van der Waals surface area contributed by atoms with Gasteiger partial charge in [-0.3, -0.25) is 9.59 Å². The van der Waals surface area contributed by atoms with Crippen LogP contribution in [0.1, 0.15) is 32.8 Å². The maximum atomic E-state index is 13.3. The number of carbonyl (C=O) groups is 2. The number of benzene rings is 2. The van der Waals surface area contributed by atoms with E-state index in [0.29, 0.717) is 30.4 Å². The zero-order valence-corrected chi connectivity index (χ0v) is 18.6. The Balaban J connectivity index is 2.16. The summed E-state index contributed by atoms with van der Waals surface area (Å²) in [5.74, 6) is 0.604. The molecule has 2 aromatic rings. The molecule has 0 unspecified atom stereocenters. The first-order chi connectivity index (χ1) is 14.8. The molecule has 0 saturated carbocycles. The Morgan fingerprint density at radius 2 is 1.65 bits per heavy atom. The second-order valence-electron chi connectivity index (χ2n) is 7.68. The van der Waals surface area contributed by atoms with Crippen molar-refractivity contribution in [1.82, 2.24) is 10.2 Å². The molecule has 0 aliphatic carbocycles. The van der Waals surface area contributed by atoms with E-state index < -0.39 is 6.04 Å². The Morgan fingerprint density at radius 1 is 1.03 bits per heavy atom. The normalized spacial score (nSPS) is 11.7. The number of nitrogens with one attached hydrogen (secondary N) is 1. The van der Waals surface area contributed by atoms with Crippen LogP contribution in [0.5, 0.6) is 11.5 Å². The molecule has 2 amide bonds. The molecule has 0 radical (unpaired) electrons. The van der Waals surface area contributed by atoms with Gasteiger partial charge in [0.05, 0.1) is 7.11 Å². The standard InChI is InChI=1S/C24H31FN2O4/c1-5-22(24(29)26-14-17(2)3)27(15-18-6-8-19(25)9-7-18)23(28)16-31-21-12-10-20(30-4)11-13-21/h6-13,17,22H,5,14-16H2,1-4H3,(H,26,29)/t22-/m0/s1. The zero-order chi connectivity index (χ0) is 22.8. The van der Waals surface area contributed by atoms with Gasteiger partial charge in [0, 0.05) is 13.1 Å². The van der Waals surface area contributed by atoms with Crippen LogP contribution in [0.25, 0.3) is 0 Å². The maximum Gasteiger partial charge on any atom is 0.261 e. The van der Waals surface area contributed by atoms with E-state index in [0.717, 1.165) is 5.56 Å². The Bertz CT molecular complexity index is 838. The highest BCUT2D eigenvalue weighted by Crippen LogP contribution is 2.18. The van der Waals surface area contributed by atoms with Crippen molar-refractivity contribution < 1.29 is 23.5 Å². The number of hydrogen-bond acceptors (Lipinski definition) is 4. The smallest absolute Gasteiger partial charge is 0.261 e. The molecule has 0 aliphatic rings. The predicted octanol–water partition coefficient (Wildman–Crippen LogP) is 3.79. The van der Waals surface area contributed by atoms with Crippen molar-refractivity contribution in [2.24, 2.45) is 5.92 Å². The number of ether oxygens (including phenoxy) is 2. The van der Waals surface area contributed by atoms with E-state index in [-0.39, 0.29) is 30.8 Å². The molecule has 0 spiro atoms. The van der Waals surface area contributed by atoms with Gasteiger partial charge in [-0.05, 0) is 54.3 Å². The summed E-state index contributed by atoms with van der Waals surface area (Å²) in [6, 6.07) is 12.1. The van der Waals surface area contributed by atoms with Gasteiger partial charge in [-0.25, -0.2) is 4.39 Å². The van der Waals surface area contributed by atoms with Crippen molar-refractivity contribution in [2.45, 2.75) is 39.8 Å². The molecule has 0 fully saturated rings. The summed E-state index contributed by atoms with van der Waals surface area (Å²) >= 11 is 0. The van der Waals surface area contributed by atoms with Crippen LogP contribution >= 0.6 is 0 Å². The quantitative estimate of drug-likeness (QED) is 0.589. The SMILES string of the molecule is CC[C@@H](C(=O)NCC(C)C)N(Cc1ccc(F)cc1)C(=O)COc1ccc(OC)cc1. The third-order valence-electron chi connectivity index (χ3n) is 4.76. The Kier molecular flexibility index (Phi) is 9.31. The van der Waals surface area contributed by atoms with Crippen LogP contribution in [0.4, 0.5) is 4.39 Å². The molecule has 1 N–H and O–H groups in total. The first-order valence-corrected chi connectivity index (χ1v) is 10.4. The molecule has 0 aromatic heterocycles. The summed E-state index contributed by atoms with van der Waals surface area (Å²) in [6.45, 7) is 6.35. The fourth-order valence-corrected chi connectivity index (χ4v) is 3.03. The Hall–Kier alpha value is -3.09. The second kappa shape index (κ2) is 11.9. The largest absolute Gasteiger partial charge is 0.497 e. The number of carbonyl (C=O) groups excluding carboxylic acids is 2. The first-order valence-electron chi connectivity index (χ1n) is 10.4.